The smallest absolute Gasteiger partial charge is 0.408 e. The Kier molecular flexibility index (Phi) is 11.4. The van der Waals surface area contributed by atoms with Crippen LogP contribution in [0.2, 0.25) is 0 Å². The monoisotopic (exact) mass is 773 g/mol. The van der Waals surface area contributed by atoms with Crippen molar-refractivity contribution >= 4 is 56.9 Å². The van der Waals surface area contributed by atoms with Gasteiger partial charge in [0.15, 0.2) is 5.13 Å². The summed E-state index contributed by atoms with van der Waals surface area (Å²) in [6, 6.07) is 3.63. The Hall–Kier alpha value is -5.18. The van der Waals surface area contributed by atoms with Crippen LogP contribution in [-0.4, -0.2) is 100 Å². The number of ether oxygens (including phenoxy) is 2. The number of thiazole rings is 1. The number of carboxylic acid groups (broad SMARTS) is 1. The van der Waals surface area contributed by atoms with Gasteiger partial charge in [0.2, 0.25) is 11.8 Å². The standard InChI is InChI=1S/C40H51N7O7S/c1-9-24-18-40(24,37(50)51)45-35(48)31-16-26(19-47(31)36(49)33(21(2)3)44-39(52)54-25-12-10-11-13-25)53-32-17-28(29-20-55-38(43-29)41-22(4)5)42-34-23(6)30(46(7)8)15-14-27(32)34/h9,14-15,17,20,22,24-26,31,33H,1-2,10-13,16,18-19H2,3-8H3,(H,41,43)(H,44,52)(H,45,48)(H,50,51)/t24-,26-,31+,33+,40-/m1/s1. The molecule has 0 radical (unpaired) electrons. The number of nitrogens with zero attached hydrogens (tertiary/aromatic N) is 4. The number of carbonyl (C=O) groups excluding carboxylic acids is 3. The first-order chi connectivity index (χ1) is 26.1. The van der Waals surface area contributed by atoms with Crippen molar-refractivity contribution in [2.45, 2.75) is 102 Å². The van der Waals surface area contributed by atoms with Crippen molar-refractivity contribution in [3.05, 3.63) is 53.9 Å². The molecule has 3 aromatic rings. The van der Waals surface area contributed by atoms with Crippen LogP contribution in [0.15, 0.2) is 48.4 Å². The normalized spacial score (nSPS) is 22.6. The Morgan fingerprint density at radius 2 is 1.85 bits per heavy atom. The number of rotatable bonds is 14. The summed E-state index contributed by atoms with van der Waals surface area (Å²) in [6.07, 6.45) is 3.50. The molecule has 15 heteroatoms. The van der Waals surface area contributed by atoms with Crippen LogP contribution >= 0.6 is 11.3 Å². The zero-order chi connectivity index (χ0) is 39.8. The average Bonchev–Trinajstić information content (AvgIpc) is 3.53. The van der Waals surface area contributed by atoms with Crippen molar-refractivity contribution in [1.82, 2.24) is 25.5 Å². The zero-order valence-corrected chi connectivity index (χ0v) is 33.1. The van der Waals surface area contributed by atoms with E-state index < -0.39 is 53.5 Å². The van der Waals surface area contributed by atoms with Crippen molar-refractivity contribution in [3.63, 3.8) is 0 Å². The van der Waals surface area contributed by atoms with Gasteiger partial charge in [-0.05, 0) is 83.1 Å². The number of pyridine rings is 1. The molecule has 2 saturated carbocycles. The molecule has 0 bridgehead atoms. The number of likely N-dealkylation sites (tertiary alicyclic amines) is 1. The molecule has 2 aromatic heterocycles. The Bertz CT molecular complexity index is 2010. The maximum Gasteiger partial charge on any atom is 0.408 e. The molecule has 0 spiro atoms. The number of anilines is 2. The minimum atomic E-state index is -1.52. The lowest BCUT2D eigenvalue weighted by molar-refractivity contribution is -0.145. The number of benzene rings is 1. The van der Waals surface area contributed by atoms with E-state index in [4.69, 9.17) is 19.4 Å². The highest BCUT2D eigenvalue weighted by atomic mass is 32.1. The summed E-state index contributed by atoms with van der Waals surface area (Å²) >= 11 is 1.47. The first kappa shape index (κ1) is 39.5. The number of amides is 3. The quantitative estimate of drug-likeness (QED) is 0.149. The van der Waals surface area contributed by atoms with Crippen LogP contribution in [0, 0.1) is 12.8 Å². The summed E-state index contributed by atoms with van der Waals surface area (Å²) in [5.74, 6) is -2.37. The van der Waals surface area contributed by atoms with Crippen LogP contribution in [0.4, 0.5) is 15.6 Å². The van der Waals surface area contributed by atoms with Crippen LogP contribution in [-0.2, 0) is 19.1 Å². The summed E-state index contributed by atoms with van der Waals surface area (Å²) in [6.45, 7) is 15.4. The third-order valence-electron chi connectivity index (χ3n) is 10.6. The molecule has 1 aromatic carbocycles. The fourth-order valence-electron chi connectivity index (χ4n) is 7.55. The van der Waals surface area contributed by atoms with Gasteiger partial charge in [-0.3, -0.25) is 9.59 Å². The third kappa shape index (κ3) is 8.26. The lowest BCUT2D eigenvalue weighted by atomic mass is 10.1. The summed E-state index contributed by atoms with van der Waals surface area (Å²) < 4.78 is 12.3. The predicted molar refractivity (Wildman–Crippen MR) is 212 cm³/mol. The number of alkyl carbamates (subject to hydrolysis) is 1. The van der Waals surface area contributed by atoms with Crippen molar-refractivity contribution in [2.75, 3.05) is 30.9 Å². The minimum Gasteiger partial charge on any atom is -0.488 e. The molecule has 1 aliphatic heterocycles. The maximum absolute atomic E-state index is 14.4. The van der Waals surface area contributed by atoms with Crippen molar-refractivity contribution in [1.29, 1.82) is 0 Å². The van der Waals surface area contributed by atoms with Gasteiger partial charge >= 0.3 is 12.1 Å². The zero-order valence-electron chi connectivity index (χ0n) is 32.3. The van der Waals surface area contributed by atoms with Crippen LogP contribution in [0.1, 0.15) is 64.9 Å². The number of aromatic nitrogens is 2. The number of aryl methyl sites for hydroxylation is 1. The van der Waals surface area contributed by atoms with E-state index in [-0.39, 0.29) is 31.5 Å². The summed E-state index contributed by atoms with van der Waals surface area (Å²) in [4.78, 5) is 67.0. The van der Waals surface area contributed by atoms with Gasteiger partial charge in [-0.1, -0.05) is 12.7 Å². The fourth-order valence-corrected chi connectivity index (χ4v) is 8.40. The number of carboxylic acids is 1. The van der Waals surface area contributed by atoms with E-state index in [1.165, 1.54) is 22.3 Å². The molecule has 3 aliphatic rings. The van der Waals surface area contributed by atoms with Crippen molar-refractivity contribution < 1.29 is 33.8 Å². The Morgan fingerprint density at radius 3 is 2.47 bits per heavy atom. The fraction of sp³-hybridized carbons (Fsp3) is 0.500. The number of hydrogen-bond acceptors (Lipinski definition) is 11. The molecule has 294 valence electrons. The molecule has 0 unspecified atom stereocenters. The van der Waals surface area contributed by atoms with E-state index in [1.54, 1.807) is 6.92 Å². The summed E-state index contributed by atoms with van der Waals surface area (Å²) in [7, 11) is 3.92. The lowest BCUT2D eigenvalue weighted by Crippen LogP contribution is -2.56. The SMILES string of the molecule is C=C[C@@H]1C[C@]1(NC(=O)[C@@H]1C[C@@H](Oc2cc(-c3csc(NC(C)C)n3)nc3c(C)c(N(C)C)ccc23)CN1C(=O)[C@@H](NC(=O)OC1CCCC1)C(=C)C)C(=O)O. The highest BCUT2D eigenvalue weighted by molar-refractivity contribution is 7.14. The number of fused-ring (bicyclic) bond motifs is 1. The van der Waals surface area contributed by atoms with Crippen LogP contribution in [0.3, 0.4) is 0 Å². The highest BCUT2D eigenvalue weighted by Gasteiger charge is 2.61. The lowest BCUT2D eigenvalue weighted by Gasteiger charge is -2.29. The van der Waals surface area contributed by atoms with Gasteiger partial charge in [-0.25, -0.2) is 19.6 Å². The molecular formula is C40H51N7O7S. The van der Waals surface area contributed by atoms with E-state index in [9.17, 15) is 24.3 Å². The molecule has 4 N–H and O–H groups in total. The van der Waals surface area contributed by atoms with Gasteiger partial charge in [-0.15, -0.1) is 17.9 Å². The van der Waals surface area contributed by atoms with Gasteiger partial charge in [0.25, 0.3) is 0 Å². The molecule has 2 aliphatic carbocycles. The second-order valence-corrected chi connectivity index (χ2v) is 16.2. The number of hydrogen-bond donors (Lipinski definition) is 4. The molecule has 6 rings (SSSR count). The Balaban J connectivity index is 1.34. The van der Waals surface area contributed by atoms with E-state index in [1.807, 2.05) is 63.3 Å². The molecule has 3 heterocycles. The summed E-state index contributed by atoms with van der Waals surface area (Å²) in [5, 5.41) is 22.2. The van der Waals surface area contributed by atoms with Gasteiger partial charge in [-0.2, -0.15) is 0 Å². The molecule has 3 amide bonds. The van der Waals surface area contributed by atoms with Crippen molar-refractivity contribution in [3.8, 4) is 17.1 Å². The third-order valence-corrected chi connectivity index (χ3v) is 11.3. The van der Waals surface area contributed by atoms with Gasteiger partial charge in [0.1, 0.15) is 41.3 Å². The van der Waals surface area contributed by atoms with Crippen molar-refractivity contribution in [2.24, 2.45) is 5.92 Å². The number of nitrogens with one attached hydrogen (secondary N) is 3. The molecule has 55 heavy (non-hydrogen) atoms. The van der Waals surface area contributed by atoms with Gasteiger partial charge in [0.05, 0.1) is 17.8 Å². The van der Waals surface area contributed by atoms with Crippen LogP contribution in [0.5, 0.6) is 5.75 Å². The molecular weight excluding hydrogens is 723 g/mol. The molecule has 14 nitrogen and oxygen atoms in total. The minimum absolute atomic E-state index is 0.0297. The predicted octanol–water partition coefficient (Wildman–Crippen LogP) is 5.66. The Morgan fingerprint density at radius 1 is 1.13 bits per heavy atom. The topological polar surface area (TPSA) is 175 Å². The van der Waals surface area contributed by atoms with E-state index in [0.717, 1.165) is 47.5 Å². The van der Waals surface area contributed by atoms with E-state index in [0.29, 0.717) is 28.2 Å². The molecule has 5 atom stereocenters. The first-order valence-corrected chi connectivity index (χ1v) is 19.6. The Labute approximate surface area is 325 Å². The maximum atomic E-state index is 14.4. The molecule has 3 fully saturated rings. The van der Waals surface area contributed by atoms with Crippen LogP contribution < -0.4 is 25.6 Å². The largest absolute Gasteiger partial charge is 0.488 e. The highest BCUT2D eigenvalue weighted by Crippen LogP contribution is 2.45. The van der Waals surface area contributed by atoms with E-state index in [2.05, 4.69) is 29.1 Å². The first-order valence-electron chi connectivity index (χ1n) is 18.7. The number of aliphatic carboxylic acids is 1. The second-order valence-electron chi connectivity index (χ2n) is 15.4. The van der Waals surface area contributed by atoms with Crippen LogP contribution in [0.25, 0.3) is 22.3 Å². The average molecular weight is 774 g/mol. The van der Waals surface area contributed by atoms with Gasteiger partial charge in [0, 0.05) is 55.0 Å². The second kappa shape index (κ2) is 15.9. The molecule has 1 saturated heterocycles. The van der Waals surface area contributed by atoms with Gasteiger partial charge < -0.3 is 40.3 Å². The summed E-state index contributed by atoms with van der Waals surface area (Å²) in [5.41, 5.74) is 2.71. The number of carbonyl (C=O) groups is 4. The van der Waals surface area contributed by atoms with E-state index >= 15 is 0 Å².